The van der Waals surface area contributed by atoms with Crippen molar-refractivity contribution in [3.05, 3.63) is 69.3 Å². The lowest BCUT2D eigenvalue weighted by Crippen LogP contribution is -2.28. The molecule has 0 aliphatic heterocycles. The van der Waals surface area contributed by atoms with Crippen LogP contribution >= 0.6 is 0 Å². The molecule has 0 heterocycles. The number of nitrogens with zero attached hydrogens (tertiary/aromatic N) is 2. The first kappa shape index (κ1) is 23.0. The second kappa shape index (κ2) is 9.96. The number of methoxy groups -OCH3 is 1. The van der Waals surface area contributed by atoms with Gasteiger partial charge in [-0.2, -0.15) is 0 Å². The molecule has 0 saturated carbocycles. The van der Waals surface area contributed by atoms with Crippen LogP contribution in [-0.4, -0.2) is 49.2 Å². The minimum absolute atomic E-state index is 0.00300. The lowest BCUT2D eigenvalue weighted by Gasteiger charge is -2.18. The number of nitrogens with two attached hydrogens (primary N) is 1. The van der Waals surface area contributed by atoms with E-state index in [2.05, 4.69) is 10.1 Å². The van der Waals surface area contributed by atoms with Crippen LogP contribution in [0, 0.1) is 15.5 Å². The first-order valence-electron chi connectivity index (χ1n) is 9.01. The number of carbonyl (C=O) groups is 3. The van der Waals surface area contributed by atoms with Gasteiger partial charge in [0.1, 0.15) is 11.5 Å². The molecule has 2 amide bonds. The molecule has 0 saturated heterocycles. The van der Waals surface area contributed by atoms with E-state index in [1.165, 1.54) is 50.6 Å². The summed E-state index contributed by atoms with van der Waals surface area (Å²) in [6.45, 7) is 0.00963. The van der Waals surface area contributed by atoms with Crippen molar-refractivity contribution in [2.24, 2.45) is 5.73 Å². The number of carbonyl (C=O) groups excluding carboxylic acids is 3. The van der Waals surface area contributed by atoms with E-state index in [4.69, 9.17) is 11.1 Å². The van der Waals surface area contributed by atoms with E-state index in [1.54, 1.807) is 0 Å². The van der Waals surface area contributed by atoms with Crippen LogP contribution in [0.2, 0.25) is 0 Å². The van der Waals surface area contributed by atoms with Crippen molar-refractivity contribution >= 4 is 35.0 Å². The Kier molecular flexibility index (Phi) is 7.39. The van der Waals surface area contributed by atoms with Crippen LogP contribution in [0.1, 0.15) is 32.7 Å². The van der Waals surface area contributed by atoms with E-state index in [0.717, 1.165) is 11.0 Å². The van der Waals surface area contributed by atoms with Crippen LogP contribution in [-0.2, 0) is 9.53 Å². The predicted octanol–water partition coefficient (Wildman–Crippen LogP) is 1.45. The molecule has 0 spiro atoms. The Hall–Kier alpha value is -4.28. The van der Waals surface area contributed by atoms with Crippen LogP contribution in [0.15, 0.2) is 42.5 Å². The highest BCUT2D eigenvalue weighted by Crippen LogP contribution is 2.29. The van der Waals surface area contributed by atoms with Gasteiger partial charge in [-0.05, 0) is 24.3 Å². The summed E-state index contributed by atoms with van der Waals surface area (Å²) in [5.74, 6) is -1.78. The number of amidine groups is 1. The van der Waals surface area contributed by atoms with Gasteiger partial charge >= 0.3 is 5.97 Å². The van der Waals surface area contributed by atoms with Gasteiger partial charge in [0.15, 0.2) is 0 Å². The summed E-state index contributed by atoms with van der Waals surface area (Å²) in [4.78, 5) is 48.0. The van der Waals surface area contributed by atoms with Crippen molar-refractivity contribution < 1.29 is 24.0 Å². The number of anilines is 1. The fourth-order valence-electron chi connectivity index (χ4n) is 2.67. The van der Waals surface area contributed by atoms with Crippen molar-refractivity contribution in [2.75, 3.05) is 25.6 Å². The minimum atomic E-state index is -0.691. The van der Waals surface area contributed by atoms with Gasteiger partial charge in [0, 0.05) is 36.3 Å². The summed E-state index contributed by atoms with van der Waals surface area (Å²) in [5, 5.41) is 21.4. The van der Waals surface area contributed by atoms with Crippen molar-refractivity contribution in [1.82, 2.24) is 5.32 Å². The molecule has 0 radical (unpaired) electrons. The molecular formula is C20H21N5O6. The molecule has 11 heteroatoms. The summed E-state index contributed by atoms with van der Waals surface area (Å²) in [7, 11) is 2.60. The maximum Gasteiger partial charge on any atom is 0.307 e. The molecule has 0 bridgehead atoms. The number of nitrogens with one attached hydrogen (secondary N) is 2. The van der Waals surface area contributed by atoms with Gasteiger partial charge < -0.3 is 20.7 Å². The number of nitro groups is 1. The molecule has 2 aromatic carbocycles. The number of hydrogen-bond acceptors (Lipinski definition) is 7. The topological polar surface area (TPSA) is 169 Å². The SMILES string of the molecule is COC(=O)CCNC(=O)c1ccc(N(C)C(=O)c2ccc(C(=N)N)cc2)c([N+](=O)[O-])c1. The summed E-state index contributed by atoms with van der Waals surface area (Å²) < 4.78 is 4.47. The van der Waals surface area contributed by atoms with E-state index in [0.29, 0.717) is 5.56 Å². The van der Waals surface area contributed by atoms with Gasteiger partial charge in [0.25, 0.3) is 17.5 Å². The average molecular weight is 427 g/mol. The third kappa shape index (κ3) is 5.63. The van der Waals surface area contributed by atoms with Crippen molar-refractivity contribution in [3.63, 3.8) is 0 Å². The number of nitro benzene ring substituents is 1. The quantitative estimate of drug-likeness (QED) is 0.188. The number of benzene rings is 2. The molecule has 0 aliphatic carbocycles. The molecule has 0 unspecified atom stereocenters. The highest BCUT2D eigenvalue weighted by atomic mass is 16.6. The van der Waals surface area contributed by atoms with Gasteiger partial charge in [0.2, 0.25) is 0 Å². The number of amides is 2. The average Bonchev–Trinajstić information content (AvgIpc) is 2.77. The smallest absolute Gasteiger partial charge is 0.307 e. The Balaban J connectivity index is 2.24. The number of rotatable bonds is 8. The zero-order valence-electron chi connectivity index (χ0n) is 16.9. The number of esters is 1. The molecule has 31 heavy (non-hydrogen) atoms. The third-order valence-electron chi connectivity index (χ3n) is 4.39. The van der Waals surface area contributed by atoms with Crippen molar-refractivity contribution in [2.45, 2.75) is 6.42 Å². The molecule has 2 aromatic rings. The Labute approximate surface area is 177 Å². The maximum atomic E-state index is 12.7. The van der Waals surface area contributed by atoms with Gasteiger partial charge in [-0.15, -0.1) is 0 Å². The summed E-state index contributed by atoms with van der Waals surface area (Å²) in [6, 6.07) is 9.63. The zero-order chi connectivity index (χ0) is 23.1. The van der Waals surface area contributed by atoms with E-state index in [1.807, 2.05) is 0 Å². The Morgan fingerprint density at radius 3 is 2.26 bits per heavy atom. The molecule has 2 rings (SSSR count). The van der Waals surface area contributed by atoms with E-state index >= 15 is 0 Å². The Morgan fingerprint density at radius 1 is 1.13 bits per heavy atom. The van der Waals surface area contributed by atoms with Crippen LogP contribution in [0.4, 0.5) is 11.4 Å². The van der Waals surface area contributed by atoms with Gasteiger partial charge in [-0.25, -0.2) is 0 Å². The standard InChI is InChI=1S/C20H21N5O6/c1-24(20(28)13-5-3-12(4-6-13)18(21)22)15-8-7-14(11-16(15)25(29)30)19(27)23-10-9-17(26)31-2/h3-8,11H,9-10H2,1-2H3,(H3,21,22)(H,23,27). The monoisotopic (exact) mass is 427 g/mol. The Bertz CT molecular complexity index is 1030. The van der Waals surface area contributed by atoms with Crippen LogP contribution in [0.25, 0.3) is 0 Å². The van der Waals surface area contributed by atoms with Crippen molar-refractivity contribution in [3.8, 4) is 0 Å². The molecule has 0 fully saturated rings. The first-order chi connectivity index (χ1) is 14.6. The predicted molar refractivity (Wildman–Crippen MR) is 112 cm³/mol. The van der Waals surface area contributed by atoms with E-state index < -0.39 is 28.4 Å². The lowest BCUT2D eigenvalue weighted by atomic mass is 10.1. The highest BCUT2D eigenvalue weighted by molar-refractivity contribution is 6.08. The molecule has 0 aliphatic rings. The molecule has 162 valence electrons. The van der Waals surface area contributed by atoms with Crippen molar-refractivity contribution in [1.29, 1.82) is 5.41 Å². The van der Waals surface area contributed by atoms with Gasteiger partial charge in [0.05, 0.1) is 18.5 Å². The summed E-state index contributed by atoms with van der Waals surface area (Å²) >= 11 is 0. The number of hydrogen-bond donors (Lipinski definition) is 3. The highest BCUT2D eigenvalue weighted by Gasteiger charge is 2.24. The van der Waals surface area contributed by atoms with E-state index in [-0.39, 0.29) is 35.6 Å². The molecule has 4 N–H and O–H groups in total. The summed E-state index contributed by atoms with van der Waals surface area (Å²) in [5.41, 5.74) is 5.64. The van der Waals surface area contributed by atoms with Crippen LogP contribution in [0.3, 0.4) is 0 Å². The second-order valence-corrected chi connectivity index (χ2v) is 6.40. The Morgan fingerprint density at radius 2 is 1.71 bits per heavy atom. The largest absolute Gasteiger partial charge is 0.469 e. The zero-order valence-corrected chi connectivity index (χ0v) is 16.9. The molecule has 0 atom stereocenters. The van der Waals surface area contributed by atoms with Crippen LogP contribution in [0.5, 0.6) is 0 Å². The number of ether oxygens (including phenoxy) is 1. The van der Waals surface area contributed by atoms with Gasteiger partial charge in [-0.3, -0.25) is 29.9 Å². The molecule has 0 aromatic heterocycles. The minimum Gasteiger partial charge on any atom is -0.469 e. The van der Waals surface area contributed by atoms with Gasteiger partial charge in [-0.1, -0.05) is 12.1 Å². The van der Waals surface area contributed by atoms with Crippen LogP contribution < -0.4 is 16.0 Å². The maximum absolute atomic E-state index is 12.7. The fraction of sp³-hybridized carbons (Fsp3) is 0.200. The van der Waals surface area contributed by atoms with E-state index in [9.17, 15) is 24.5 Å². The first-order valence-corrected chi connectivity index (χ1v) is 9.01. The normalized spacial score (nSPS) is 10.1. The summed E-state index contributed by atoms with van der Waals surface area (Å²) in [6.07, 6.45) is -0.0396. The lowest BCUT2D eigenvalue weighted by molar-refractivity contribution is -0.384. The third-order valence-corrected chi connectivity index (χ3v) is 4.39. The fourth-order valence-corrected chi connectivity index (χ4v) is 2.67. The second-order valence-electron chi connectivity index (χ2n) is 6.40. The molecule has 11 nitrogen and oxygen atoms in total. The number of nitrogen functional groups attached to an aromatic ring is 1. The molecular weight excluding hydrogens is 406 g/mol.